The molecule has 3 rings (SSSR count). The average molecular weight is 374 g/mol. The van der Waals surface area contributed by atoms with Crippen LogP contribution in [0.2, 0.25) is 0 Å². The second-order valence-corrected chi connectivity index (χ2v) is 7.57. The molecule has 1 saturated heterocycles. The maximum Gasteiger partial charge on any atom is 0.223 e. The van der Waals surface area contributed by atoms with Crippen LogP contribution in [0, 0.1) is 0 Å². The van der Waals surface area contributed by atoms with E-state index in [2.05, 4.69) is 39.7 Å². The lowest BCUT2D eigenvalue weighted by atomic mass is 10.1. The number of hydrogen-bond donors (Lipinski definition) is 1. The molecule has 2 heterocycles. The molecule has 2 aromatic rings. The molecule has 0 radical (unpaired) electrons. The Morgan fingerprint density at radius 1 is 1.15 bits per heavy atom. The Labute approximate surface area is 159 Å². The number of thiophene rings is 1. The molecule has 1 N–H and O–H groups in total. The second-order valence-electron chi connectivity index (χ2n) is 6.59. The predicted octanol–water partition coefficient (Wildman–Crippen LogP) is 2.62. The zero-order chi connectivity index (χ0) is 18.2. The maximum atomic E-state index is 12.2. The van der Waals surface area contributed by atoms with Gasteiger partial charge in [-0.05, 0) is 30.6 Å². The van der Waals surface area contributed by atoms with Crippen LogP contribution in [0.15, 0.2) is 47.8 Å². The number of carbonyl (C=O) groups excluding carboxylic acids is 1. The van der Waals surface area contributed by atoms with Crippen molar-refractivity contribution < 1.29 is 9.53 Å². The highest BCUT2D eigenvalue weighted by atomic mass is 32.1. The minimum absolute atomic E-state index is 0.0385. The molecule has 5 nitrogen and oxygen atoms in total. The number of ether oxygens (including phenoxy) is 1. The van der Waals surface area contributed by atoms with Crippen LogP contribution in [0.25, 0.3) is 0 Å². The van der Waals surface area contributed by atoms with Gasteiger partial charge < -0.3 is 15.0 Å². The van der Waals surface area contributed by atoms with Crippen LogP contribution < -0.4 is 10.1 Å². The molecule has 1 aliphatic heterocycles. The summed E-state index contributed by atoms with van der Waals surface area (Å²) in [4.78, 5) is 18.4. The van der Waals surface area contributed by atoms with Gasteiger partial charge in [-0.25, -0.2) is 0 Å². The minimum atomic E-state index is 0.0385. The molecule has 1 aliphatic rings. The molecule has 1 fully saturated rings. The van der Waals surface area contributed by atoms with Crippen molar-refractivity contribution in [3.05, 3.63) is 52.7 Å². The molecule has 26 heavy (non-hydrogen) atoms. The van der Waals surface area contributed by atoms with E-state index in [0.717, 1.165) is 31.9 Å². The number of para-hydroxylation sites is 1. The lowest BCUT2D eigenvalue weighted by molar-refractivity contribution is -0.121. The number of rotatable bonds is 8. The van der Waals surface area contributed by atoms with Crippen LogP contribution >= 0.6 is 11.3 Å². The summed E-state index contributed by atoms with van der Waals surface area (Å²) in [6.45, 7) is 5.25. The number of piperazine rings is 1. The highest BCUT2D eigenvalue weighted by Gasteiger charge is 2.25. The molecule has 6 heteroatoms. The van der Waals surface area contributed by atoms with Crippen molar-refractivity contribution in [1.82, 2.24) is 15.1 Å². The van der Waals surface area contributed by atoms with Crippen molar-refractivity contribution in [3.8, 4) is 5.75 Å². The van der Waals surface area contributed by atoms with Gasteiger partial charge in [0.15, 0.2) is 0 Å². The summed E-state index contributed by atoms with van der Waals surface area (Å²) < 4.78 is 5.61. The summed E-state index contributed by atoms with van der Waals surface area (Å²) in [6.07, 6.45) is 0.370. The molecule has 0 aliphatic carbocycles. The van der Waals surface area contributed by atoms with Gasteiger partial charge in [0, 0.05) is 37.6 Å². The Hall–Kier alpha value is -1.89. The first kappa shape index (κ1) is 18.9. The first-order chi connectivity index (χ1) is 12.7. The first-order valence-corrected chi connectivity index (χ1v) is 10.0. The quantitative estimate of drug-likeness (QED) is 0.773. The van der Waals surface area contributed by atoms with Crippen molar-refractivity contribution >= 4 is 17.2 Å². The Balaban J connectivity index is 1.47. The van der Waals surface area contributed by atoms with E-state index in [9.17, 15) is 4.79 Å². The summed E-state index contributed by atoms with van der Waals surface area (Å²) >= 11 is 1.76. The van der Waals surface area contributed by atoms with E-state index in [1.165, 1.54) is 4.88 Å². The van der Waals surface area contributed by atoms with Crippen LogP contribution in [0.4, 0.5) is 0 Å². The molecule has 1 aromatic carbocycles. The van der Waals surface area contributed by atoms with Crippen LogP contribution in [0.5, 0.6) is 5.75 Å². The molecule has 1 atom stereocenters. The van der Waals surface area contributed by atoms with Gasteiger partial charge in [0.1, 0.15) is 5.75 Å². The van der Waals surface area contributed by atoms with E-state index in [0.29, 0.717) is 19.6 Å². The van der Waals surface area contributed by atoms with Crippen molar-refractivity contribution in [2.45, 2.75) is 12.5 Å². The average Bonchev–Trinajstić information content (AvgIpc) is 3.19. The number of likely N-dealkylation sites (N-methyl/N-ethyl adjacent to an activating group) is 1. The zero-order valence-corrected chi connectivity index (χ0v) is 16.1. The molecule has 1 amide bonds. The number of hydrogen-bond acceptors (Lipinski definition) is 5. The van der Waals surface area contributed by atoms with Gasteiger partial charge in [-0.15, -0.1) is 11.3 Å². The van der Waals surface area contributed by atoms with Gasteiger partial charge in [-0.1, -0.05) is 24.3 Å². The number of amides is 1. The largest absolute Gasteiger partial charge is 0.493 e. The van der Waals surface area contributed by atoms with Gasteiger partial charge >= 0.3 is 0 Å². The highest BCUT2D eigenvalue weighted by molar-refractivity contribution is 7.10. The summed E-state index contributed by atoms with van der Waals surface area (Å²) in [5.41, 5.74) is 0. The second kappa shape index (κ2) is 9.71. The van der Waals surface area contributed by atoms with Gasteiger partial charge in [0.25, 0.3) is 0 Å². The normalized spacial score (nSPS) is 17.0. The molecular formula is C20H27N3O2S. The summed E-state index contributed by atoms with van der Waals surface area (Å²) in [5.74, 6) is 0.839. The van der Waals surface area contributed by atoms with Crippen LogP contribution in [0.3, 0.4) is 0 Å². The maximum absolute atomic E-state index is 12.2. The number of benzene rings is 1. The number of nitrogens with zero attached hydrogens (tertiary/aromatic N) is 2. The van der Waals surface area contributed by atoms with E-state index < -0.39 is 0 Å². The number of carbonyl (C=O) groups is 1. The smallest absolute Gasteiger partial charge is 0.223 e. The summed E-state index contributed by atoms with van der Waals surface area (Å²) in [7, 11) is 2.16. The standard InChI is InChI=1S/C20H27N3O2S/c1-22-10-12-23(13-11-22)18(19-8-5-15-26-19)16-21-20(24)9-14-25-17-6-3-2-4-7-17/h2-8,15,18H,9-14,16H2,1H3,(H,21,24). The van der Waals surface area contributed by atoms with Crippen molar-refractivity contribution in [2.75, 3.05) is 46.4 Å². The minimum Gasteiger partial charge on any atom is -0.493 e. The van der Waals surface area contributed by atoms with Gasteiger partial charge in [-0.2, -0.15) is 0 Å². The molecule has 0 bridgehead atoms. The molecule has 1 unspecified atom stereocenters. The fourth-order valence-corrected chi connectivity index (χ4v) is 3.96. The van der Waals surface area contributed by atoms with E-state index in [-0.39, 0.29) is 11.9 Å². The topological polar surface area (TPSA) is 44.8 Å². The van der Waals surface area contributed by atoms with Crippen molar-refractivity contribution in [3.63, 3.8) is 0 Å². The molecule has 0 saturated carbocycles. The van der Waals surface area contributed by atoms with Crippen molar-refractivity contribution in [2.24, 2.45) is 0 Å². The Bertz CT molecular complexity index is 655. The number of nitrogens with one attached hydrogen (secondary N) is 1. The van der Waals surface area contributed by atoms with Crippen LogP contribution in [-0.4, -0.2) is 62.1 Å². The van der Waals surface area contributed by atoms with E-state index in [1.807, 2.05) is 30.3 Å². The Morgan fingerprint density at radius 2 is 1.92 bits per heavy atom. The van der Waals surface area contributed by atoms with Crippen LogP contribution in [0.1, 0.15) is 17.3 Å². The SMILES string of the molecule is CN1CCN(C(CNC(=O)CCOc2ccccc2)c2cccs2)CC1. The van der Waals surface area contributed by atoms with Crippen LogP contribution in [-0.2, 0) is 4.79 Å². The van der Waals surface area contributed by atoms with Crippen molar-refractivity contribution in [1.29, 1.82) is 0 Å². The monoisotopic (exact) mass is 373 g/mol. The zero-order valence-electron chi connectivity index (χ0n) is 15.3. The Morgan fingerprint density at radius 3 is 2.62 bits per heavy atom. The van der Waals surface area contributed by atoms with E-state index in [1.54, 1.807) is 11.3 Å². The predicted molar refractivity (Wildman–Crippen MR) is 106 cm³/mol. The lowest BCUT2D eigenvalue weighted by Gasteiger charge is -2.37. The van der Waals surface area contributed by atoms with Gasteiger partial charge in [0.05, 0.1) is 19.1 Å². The summed E-state index contributed by atoms with van der Waals surface area (Å²) in [6, 6.07) is 14.1. The third-order valence-corrected chi connectivity index (χ3v) is 5.66. The summed E-state index contributed by atoms with van der Waals surface area (Å²) in [5, 5.41) is 5.20. The molecular weight excluding hydrogens is 346 g/mol. The first-order valence-electron chi connectivity index (χ1n) is 9.13. The Kier molecular flexibility index (Phi) is 7.05. The molecule has 0 spiro atoms. The van der Waals surface area contributed by atoms with Gasteiger partial charge in [-0.3, -0.25) is 9.69 Å². The van der Waals surface area contributed by atoms with E-state index in [4.69, 9.17) is 4.74 Å². The molecule has 1 aromatic heterocycles. The van der Waals surface area contributed by atoms with Gasteiger partial charge in [0.2, 0.25) is 5.91 Å². The fraction of sp³-hybridized carbons (Fsp3) is 0.450. The van der Waals surface area contributed by atoms with E-state index >= 15 is 0 Å². The fourth-order valence-electron chi connectivity index (χ4n) is 3.10. The highest BCUT2D eigenvalue weighted by Crippen LogP contribution is 2.25. The lowest BCUT2D eigenvalue weighted by Crippen LogP contribution is -2.48. The third-order valence-electron chi connectivity index (χ3n) is 4.68. The molecule has 140 valence electrons. The third kappa shape index (κ3) is 5.56.